The van der Waals surface area contributed by atoms with Gasteiger partial charge in [-0.2, -0.15) is 10.1 Å². The average molecular weight is 458 g/mol. The van der Waals surface area contributed by atoms with Crippen molar-refractivity contribution < 1.29 is 13.9 Å². The Bertz CT molecular complexity index is 1280. The van der Waals surface area contributed by atoms with Gasteiger partial charge in [0.15, 0.2) is 11.6 Å². The Morgan fingerprint density at radius 1 is 1.12 bits per heavy atom. The summed E-state index contributed by atoms with van der Waals surface area (Å²) < 4.78 is 20.7. The van der Waals surface area contributed by atoms with E-state index in [1.54, 1.807) is 53.6 Å². The number of carbonyl (C=O) groups excluding carboxylic acids is 1. The Kier molecular flexibility index (Phi) is 5.99. The largest absolute Gasteiger partial charge is 0.439 e. The second-order valence-electron chi connectivity index (χ2n) is 8.13. The fraction of sp³-hybridized carbons (Fsp3) is 0.240. The predicted octanol–water partition coefficient (Wildman–Crippen LogP) is 4.66. The number of pyridine rings is 1. The second kappa shape index (κ2) is 9.38. The first-order valence-electron chi connectivity index (χ1n) is 11.1. The van der Waals surface area contributed by atoms with Gasteiger partial charge in [0, 0.05) is 36.9 Å². The lowest BCUT2D eigenvalue weighted by molar-refractivity contribution is 0.0598. The number of likely N-dealkylation sites (tertiary alicyclic amines) is 1. The first kappa shape index (κ1) is 21.7. The molecule has 34 heavy (non-hydrogen) atoms. The average Bonchev–Trinajstić information content (AvgIpc) is 3.40. The summed E-state index contributed by atoms with van der Waals surface area (Å²) in [5.41, 5.74) is 1.23. The van der Waals surface area contributed by atoms with E-state index >= 15 is 0 Å². The van der Waals surface area contributed by atoms with Gasteiger partial charge in [-0.05, 0) is 68.7 Å². The molecule has 0 aliphatic carbocycles. The Morgan fingerprint density at radius 2 is 1.97 bits per heavy atom. The molecule has 0 radical (unpaired) electrons. The molecule has 4 aromatic rings. The maximum absolute atomic E-state index is 13.4. The second-order valence-corrected chi connectivity index (χ2v) is 8.13. The molecule has 1 aliphatic heterocycles. The number of piperidine rings is 1. The molecule has 0 bridgehead atoms. The number of carbonyl (C=O) groups is 1. The number of rotatable bonds is 5. The van der Waals surface area contributed by atoms with Crippen LogP contribution < -0.4 is 4.74 Å². The quantitative estimate of drug-likeness (QED) is 0.432. The standard InChI is InChI=1S/C25H23FN6O2/c1-17-15-23(34-20-9-7-19(26)8-10-20)30-24(29-17)21-5-2-3-13-31(21)25(33)18-6-11-22(27-16-18)32-14-4-12-28-32/h4,6-12,14-16,21H,2-3,5,13H2,1H3/t21-/m0/s1. The maximum Gasteiger partial charge on any atom is 0.256 e. The van der Waals surface area contributed by atoms with Crippen LogP contribution in [0.2, 0.25) is 0 Å². The van der Waals surface area contributed by atoms with Crippen LogP contribution in [0, 0.1) is 12.7 Å². The summed E-state index contributed by atoms with van der Waals surface area (Å²) in [6.07, 6.45) is 7.68. The van der Waals surface area contributed by atoms with E-state index in [-0.39, 0.29) is 17.8 Å². The zero-order chi connectivity index (χ0) is 23.5. The van der Waals surface area contributed by atoms with E-state index in [2.05, 4.69) is 20.1 Å². The summed E-state index contributed by atoms with van der Waals surface area (Å²) in [5.74, 6) is 1.56. The fourth-order valence-electron chi connectivity index (χ4n) is 4.05. The number of benzene rings is 1. The minimum Gasteiger partial charge on any atom is -0.439 e. The van der Waals surface area contributed by atoms with Gasteiger partial charge >= 0.3 is 0 Å². The third-order valence-corrected chi connectivity index (χ3v) is 5.68. The van der Waals surface area contributed by atoms with E-state index in [0.717, 1.165) is 25.0 Å². The molecule has 1 aliphatic rings. The minimum absolute atomic E-state index is 0.115. The molecule has 1 atom stereocenters. The molecule has 0 unspecified atom stereocenters. The van der Waals surface area contributed by atoms with Crippen LogP contribution in [-0.2, 0) is 0 Å². The smallest absolute Gasteiger partial charge is 0.256 e. The van der Waals surface area contributed by atoms with Gasteiger partial charge in [0.2, 0.25) is 5.88 Å². The highest BCUT2D eigenvalue weighted by molar-refractivity contribution is 5.94. The molecular weight excluding hydrogens is 435 g/mol. The number of hydrogen-bond donors (Lipinski definition) is 0. The van der Waals surface area contributed by atoms with Crippen molar-refractivity contribution in [2.24, 2.45) is 0 Å². The van der Waals surface area contributed by atoms with Crippen molar-refractivity contribution in [3.8, 4) is 17.4 Å². The molecule has 0 N–H and O–H groups in total. The van der Waals surface area contributed by atoms with Gasteiger partial charge in [-0.1, -0.05) is 0 Å². The molecule has 1 saturated heterocycles. The highest BCUT2D eigenvalue weighted by atomic mass is 19.1. The SMILES string of the molecule is Cc1cc(Oc2ccc(F)cc2)nc([C@@H]2CCCCN2C(=O)c2ccc(-n3cccn3)nc2)n1. The molecule has 3 aromatic heterocycles. The van der Waals surface area contributed by atoms with Gasteiger partial charge in [0.25, 0.3) is 5.91 Å². The number of ether oxygens (including phenoxy) is 1. The van der Waals surface area contributed by atoms with Crippen LogP contribution in [-0.4, -0.2) is 42.1 Å². The zero-order valence-corrected chi connectivity index (χ0v) is 18.6. The van der Waals surface area contributed by atoms with Crippen LogP contribution in [0.5, 0.6) is 11.6 Å². The van der Waals surface area contributed by atoms with Gasteiger partial charge in [0.05, 0.1) is 11.6 Å². The molecule has 1 aromatic carbocycles. The van der Waals surface area contributed by atoms with Crippen molar-refractivity contribution in [1.29, 1.82) is 0 Å². The van der Waals surface area contributed by atoms with Gasteiger partial charge in [-0.3, -0.25) is 4.79 Å². The number of aromatic nitrogens is 5. The van der Waals surface area contributed by atoms with Crippen LogP contribution in [0.4, 0.5) is 4.39 Å². The molecule has 0 spiro atoms. The molecule has 8 nitrogen and oxygen atoms in total. The van der Waals surface area contributed by atoms with E-state index in [9.17, 15) is 9.18 Å². The van der Waals surface area contributed by atoms with E-state index in [4.69, 9.17) is 4.74 Å². The van der Waals surface area contributed by atoms with Crippen molar-refractivity contribution >= 4 is 5.91 Å². The zero-order valence-electron chi connectivity index (χ0n) is 18.6. The first-order chi connectivity index (χ1) is 16.6. The summed E-state index contributed by atoms with van der Waals surface area (Å²) in [6.45, 7) is 2.46. The fourth-order valence-corrected chi connectivity index (χ4v) is 4.05. The Hall–Kier alpha value is -4.14. The number of nitrogens with zero attached hydrogens (tertiary/aromatic N) is 6. The molecule has 1 fully saturated rings. The van der Waals surface area contributed by atoms with Gasteiger partial charge in [0.1, 0.15) is 11.6 Å². The van der Waals surface area contributed by atoms with Crippen LogP contribution in [0.15, 0.2) is 67.1 Å². The van der Waals surface area contributed by atoms with Crippen molar-refractivity contribution in [3.05, 3.63) is 90.0 Å². The molecule has 4 heterocycles. The Morgan fingerprint density at radius 3 is 2.71 bits per heavy atom. The number of aryl methyl sites for hydroxylation is 1. The van der Waals surface area contributed by atoms with E-state index in [1.165, 1.54) is 12.1 Å². The van der Waals surface area contributed by atoms with Crippen LogP contribution >= 0.6 is 0 Å². The number of hydrogen-bond acceptors (Lipinski definition) is 6. The van der Waals surface area contributed by atoms with E-state index in [1.807, 2.05) is 17.9 Å². The lowest BCUT2D eigenvalue weighted by atomic mass is 10.00. The van der Waals surface area contributed by atoms with Crippen LogP contribution in [0.1, 0.15) is 47.2 Å². The minimum atomic E-state index is -0.338. The normalized spacial score (nSPS) is 15.8. The van der Waals surface area contributed by atoms with Crippen molar-refractivity contribution in [3.63, 3.8) is 0 Å². The lowest BCUT2D eigenvalue weighted by Gasteiger charge is -2.35. The maximum atomic E-state index is 13.4. The van der Waals surface area contributed by atoms with Gasteiger partial charge in [-0.25, -0.2) is 19.0 Å². The van der Waals surface area contributed by atoms with Crippen molar-refractivity contribution in [2.45, 2.75) is 32.2 Å². The predicted molar refractivity (Wildman–Crippen MR) is 122 cm³/mol. The lowest BCUT2D eigenvalue weighted by Crippen LogP contribution is -2.39. The summed E-state index contributed by atoms with van der Waals surface area (Å²) in [4.78, 5) is 28.8. The third kappa shape index (κ3) is 4.63. The molecule has 1 amide bonds. The summed E-state index contributed by atoms with van der Waals surface area (Å²) in [6, 6.07) is 12.5. The van der Waals surface area contributed by atoms with Crippen LogP contribution in [0.25, 0.3) is 5.82 Å². The highest BCUT2D eigenvalue weighted by Gasteiger charge is 2.31. The number of amides is 1. The monoisotopic (exact) mass is 458 g/mol. The third-order valence-electron chi connectivity index (χ3n) is 5.68. The summed E-state index contributed by atoms with van der Waals surface area (Å²) >= 11 is 0. The van der Waals surface area contributed by atoms with Crippen LogP contribution in [0.3, 0.4) is 0 Å². The first-order valence-corrected chi connectivity index (χ1v) is 11.1. The Balaban J connectivity index is 1.39. The summed E-state index contributed by atoms with van der Waals surface area (Å²) in [7, 11) is 0. The highest BCUT2D eigenvalue weighted by Crippen LogP contribution is 2.32. The molecule has 0 saturated carbocycles. The Labute approximate surface area is 196 Å². The molecular formula is C25H23FN6O2. The van der Waals surface area contributed by atoms with E-state index in [0.29, 0.717) is 35.4 Å². The number of halogens is 1. The van der Waals surface area contributed by atoms with E-state index < -0.39 is 0 Å². The topological polar surface area (TPSA) is 86.0 Å². The van der Waals surface area contributed by atoms with Gasteiger partial charge in [-0.15, -0.1) is 0 Å². The van der Waals surface area contributed by atoms with Gasteiger partial charge < -0.3 is 9.64 Å². The van der Waals surface area contributed by atoms with Crippen molar-refractivity contribution in [2.75, 3.05) is 6.54 Å². The summed E-state index contributed by atoms with van der Waals surface area (Å²) in [5, 5.41) is 4.17. The molecule has 172 valence electrons. The van der Waals surface area contributed by atoms with Crippen molar-refractivity contribution in [1.82, 2.24) is 29.6 Å². The molecule has 5 rings (SSSR count). The molecule has 9 heteroatoms.